The van der Waals surface area contributed by atoms with Crippen LogP contribution in [0.3, 0.4) is 0 Å². The van der Waals surface area contributed by atoms with E-state index in [2.05, 4.69) is 62.4 Å². The quantitative estimate of drug-likeness (QED) is 0.496. The molecule has 1 aliphatic heterocycles. The molecular formula is C22H24N6O. The Morgan fingerprint density at radius 2 is 1.79 bits per heavy atom. The molecule has 3 heterocycles. The van der Waals surface area contributed by atoms with E-state index in [1.807, 2.05) is 12.1 Å². The molecule has 148 valence electrons. The molecule has 4 aromatic rings. The van der Waals surface area contributed by atoms with Gasteiger partial charge in [-0.15, -0.1) is 0 Å². The molecule has 2 aromatic carbocycles. The third kappa shape index (κ3) is 3.90. The second-order valence-electron chi connectivity index (χ2n) is 6.97. The van der Waals surface area contributed by atoms with Crippen LogP contribution < -0.4 is 16.2 Å². The van der Waals surface area contributed by atoms with Gasteiger partial charge in [-0.05, 0) is 36.6 Å². The van der Waals surface area contributed by atoms with Gasteiger partial charge in [0.15, 0.2) is 11.5 Å². The Morgan fingerprint density at radius 3 is 2.59 bits per heavy atom. The van der Waals surface area contributed by atoms with Crippen molar-refractivity contribution in [3.05, 3.63) is 78.4 Å². The molecule has 5 rings (SSSR count). The van der Waals surface area contributed by atoms with Crippen LogP contribution in [0, 0.1) is 0 Å². The van der Waals surface area contributed by atoms with Crippen molar-refractivity contribution < 1.29 is 4.74 Å². The van der Waals surface area contributed by atoms with Gasteiger partial charge in [-0.3, -0.25) is 0 Å². The minimum Gasteiger partial charge on any atom is -0.482 e. The zero-order valence-electron chi connectivity index (χ0n) is 16.1. The van der Waals surface area contributed by atoms with E-state index in [4.69, 9.17) is 16.2 Å². The van der Waals surface area contributed by atoms with Gasteiger partial charge in [0.25, 0.3) is 0 Å². The van der Waals surface area contributed by atoms with E-state index in [1.165, 1.54) is 23.8 Å². The molecular weight excluding hydrogens is 364 g/mol. The summed E-state index contributed by atoms with van der Waals surface area (Å²) < 4.78 is 6.37. The van der Waals surface area contributed by atoms with Crippen molar-refractivity contribution in [1.82, 2.24) is 19.9 Å². The summed E-state index contributed by atoms with van der Waals surface area (Å²) >= 11 is 0. The van der Waals surface area contributed by atoms with Gasteiger partial charge in [-0.25, -0.2) is 15.0 Å². The Labute approximate surface area is 169 Å². The minimum absolute atomic E-state index is 0.260. The summed E-state index contributed by atoms with van der Waals surface area (Å²) in [4.78, 5) is 14.4. The number of aromatic nitrogens is 4. The first-order valence-corrected chi connectivity index (χ1v) is 9.64. The molecule has 5 N–H and O–H groups in total. The fourth-order valence-electron chi connectivity index (χ4n) is 3.69. The molecule has 0 saturated heterocycles. The number of aromatic amines is 1. The van der Waals surface area contributed by atoms with Crippen molar-refractivity contribution in [2.45, 2.75) is 24.9 Å². The number of anilines is 1. The van der Waals surface area contributed by atoms with Gasteiger partial charge in [0.2, 0.25) is 0 Å². The highest BCUT2D eigenvalue weighted by Gasteiger charge is 2.37. The SMILES string of the molecule is NCCC1(c2ccccc2)CCc2ccccc2O1.Nc1ncnc2[nH]cnc12. The largest absolute Gasteiger partial charge is 0.482 e. The number of hydrogen-bond donors (Lipinski definition) is 3. The number of fused-ring (bicyclic) bond motifs is 2. The van der Waals surface area contributed by atoms with Crippen LogP contribution in [0.15, 0.2) is 67.3 Å². The average molecular weight is 388 g/mol. The van der Waals surface area contributed by atoms with Crippen molar-refractivity contribution >= 4 is 17.0 Å². The number of aryl methyl sites for hydroxylation is 1. The molecule has 0 aliphatic carbocycles. The number of benzene rings is 2. The normalized spacial score (nSPS) is 17.7. The van der Waals surface area contributed by atoms with Gasteiger partial charge in [0, 0.05) is 6.42 Å². The van der Waals surface area contributed by atoms with Crippen LogP contribution in [0.25, 0.3) is 11.2 Å². The van der Waals surface area contributed by atoms with E-state index in [0.29, 0.717) is 23.5 Å². The molecule has 1 unspecified atom stereocenters. The van der Waals surface area contributed by atoms with Crippen LogP contribution in [-0.4, -0.2) is 26.5 Å². The summed E-state index contributed by atoms with van der Waals surface area (Å²) in [6.45, 7) is 0.636. The lowest BCUT2D eigenvalue weighted by Crippen LogP contribution is -2.38. The fourth-order valence-corrected chi connectivity index (χ4v) is 3.69. The van der Waals surface area contributed by atoms with E-state index in [1.54, 1.807) is 0 Å². The second kappa shape index (κ2) is 8.28. The van der Waals surface area contributed by atoms with Crippen LogP contribution >= 0.6 is 0 Å². The Hall–Kier alpha value is -3.45. The van der Waals surface area contributed by atoms with E-state index < -0.39 is 0 Å². The molecule has 0 spiro atoms. The van der Waals surface area contributed by atoms with Gasteiger partial charge in [0.1, 0.15) is 23.2 Å². The van der Waals surface area contributed by atoms with Crippen molar-refractivity contribution in [2.24, 2.45) is 5.73 Å². The average Bonchev–Trinajstić information content (AvgIpc) is 3.25. The van der Waals surface area contributed by atoms with Crippen molar-refractivity contribution in [3.8, 4) is 5.75 Å². The molecule has 0 saturated carbocycles. The maximum absolute atomic E-state index is 6.37. The maximum Gasteiger partial charge on any atom is 0.162 e. The topological polar surface area (TPSA) is 116 Å². The summed E-state index contributed by atoms with van der Waals surface area (Å²) in [6, 6.07) is 18.8. The van der Waals surface area contributed by atoms with Gasteiger partial charge in [-0.1, -0.05) is 48.5 Å². The first kappa shape index (κ1) is 18.9. The standard InChI is InChI=1S/C17H19NO.C5H5N5/c18-13-12-17(15-7-2-1-3-8-15)11-10-14-6-4-5-9-16(14)19-17;6-4-3-5(9-1-7-3)10-2-8-4/h1-9H,10-13,18H2;1-2H,(H3,6,7,8,9,10). The summed E-state index contributed by atoms with van der Waals surface area (Å²) in [5.41, 5.74) is 14.9. The summed E-state index contributed by atoms with van der Waals surface area (Å²) in [6.07, 6.45) is 5.83. The molecule has 1 atom stereocenters. The van der Waals surface area contributed by atoms with Crippen molar-refractivity contribution in [3.63, 3.8) is 0 Å². The van der Waals surface area contributed by atoms with Crippen LogP contribution in [0.2, 0.25) is 0 Å². The first-order valence-electron chi connectivity index (χ1n) is 9.64. The number of nitrogens with two attached hydrogens (primary N) is 2. The van der Waals surface area contributed by atoms with Crippen LogP contribution in [0.4, 0.5) is 5.82 Å². The second-order valence-corrected chi connectivity index (χ2v) is 6.97. The highest BCUT2D eigenvalue weighted by Crippen LogP contribution is 2.41. The zero-order valence-corrected chi connectivity index (χ0v) is 16.1. The number of nitrogens with one attached hydrogen (secondary N) is 1. The van der Waals surface area contributed by atoms with Crippen molar-refractivity contribution in [1.29, 1.82) is 0 Å². The minimum atomic E-state index is -0.260. The molecule has 0 bridgehead atoms. The Balaban J connectivity index is 0.000000171. The number of rotatable bonds is 3. The molecule has 1 aliphatic rings. The van der Waals surface area contributed by atoms with Crippen LogP contribution in [0.1, 0.15) is 24.0 Å². The Morgan fingerprint density at radius 1 is 1.00 bits per heavy atom. The number of ether oxygens (including phenoxy) is 1. The zero-order chi connectivity index (χ0) is 20.1. The number of nitrogens with zero attached hydrogens (tertiary/aromatic N) is 3. The first-order chi connectivity index (χ1) is 14.2. The molecule has 2 aromatic heterocycles. The highest BCUT2D eigenvalue weighted by atomic mass is 16.5. The predicted octanol–water partition coefficient (Wildman–Crippen LogP) is 3.19. The van der Waals surface area contributed by atoms with Gasteiger partial charge in [0.05, 0.1) is 6.33 Å². The van der Waals surface area contributed by atoms with Crippen LogP contribution in [0.5, 0.6) is 5.75 Å². The highest BCUT2D eigenvalue weighted by molar-refractivity contribution is 5.80. The number of para-hydroxylation sites is 1. The molecule has 0 fully saturated rings. The molecule has 7 nitrogen and oxygen atoms in total. The lowest BCUT2D eigenvalue weighted by Gasteiger charge is -2.39. The Bertz CT molecular complexity index is 1080. The number of H-pyrrole nitrogens is 1. The lowest BCUT2D eigenvalue weighted by molar-refractivity contribution is 0.0362. The van der Waals surface area contributed by atoms with Crippen LogP contribution in [-0.2, 0) is 12.0 Å². The third-order valence-electron chi connectivity index (χ3n) is 5.17. The lowest BCUT2D eigenvalue weighted by atomic mass is 9.82. The monoisotopic (exact) mass is 388 g/mol. The van der Waals surface area contributed by atoms with E-state index in [9.17, 15) is 0 Å². The van der Waals surface area contributed by atoms with E-state index in [-0.39, 0.29) is 5.60 Å². The van der Waals surface area contributed by atoms with Gasteiger partial charge < -0.3 is 21.2 Å². The van der Waals surface area contributed by atoms with E-state index in [0.717, 1.165) is 25.0 Å². The number of nitrogen functional groups attached to an aromatic ring is 1. The van der Waals surface area contributed by atoms with Gasteiger partial charge >= 0.3 is 0 Å². The maximum atomic E-state index is 6.37. The van der Waals surface area contributed by atoms with Gasteiger partial charge in [-0.2, -0.15) is 0 Å². The van der Waals surface area contributed by atoms with E-state index >= 15 is 0 Å². The summed E-state index contributed by atoms with van der Waals surface area (Å²) in [5.74, 6) is 1.41. The predicted molar refractivity (Wildman–Crippen MR) is 113 cm³/mol. The summed E-state index contributed by atoms with van der Waals surface area (Å²) in [7, 11) is 0. The molecule has 0 radical (unpaired) electrons. The van der Waals surface area contributed by atoms with Crippen molar-refractivity contribution in [2.75, 3.05) is 12.3 Å². The Kier molecular flexibility index (Phi) is 5.39. The number of imidazole rings is 1. The smallest absolute Gasteiger partial charge is 0.162 e. The number of hydrogen-bond acceptors (Lipinski definition) is 6. The fraction of sp³-hybridized carbons (Fsp3) is 0.227. The summed E-state index contributed by atoms with van der Waals surface area (Å²) in [5, 5.41) is 0. The molecule has 0 amide bonds. The molecule has 7 heteroatoms. The molecule has 29 heavy (non-hydrogen) atoms. The third-order valence-corrected chi connectivity index (χ3v) is 5.17.